The quantitative estimate of drug-likeness (QED) is 0.644. The number of nitrogens with zero attached hydrogens (tertiary/aromatic N) is 4. The van der Waals surface area contributed by atoms with Crippen LogP contribution in [0, 0.1) is 0 Å². The summed E-state index contributed by atoms with van der Waals surface area (Å²) in [6.07, 6.45) is 2.53. The first-order valence-corrected chi connectivity index (χ1v) is 7.68. The molecule has 22 heavy (non-hydrogen) atoms. The highest BCUT2D eigenvalue weighted by molar-refractivity contribution is 9.10. The second-order valence-corrected chi connectivity index (χ2v) is 6.76. The molecule has 118 valence electrons. The van der Waals surface area contributed by atoms with Gasteiger partial charge in [0.1, 0.15) is 10.2 Å². The largest absolute Gasteiger partial charge is 0.460 e. The molecular weight excluding hydrogens is 350 g/mol. The summed E-state index contributed by atoms with van der Waals surface area (Å²) < 4.78 is 6.14. The number of pyridine rings is 1. The van der Waals surface area contributed by atoms with E-state index in [1.165, 1.54) is 0 Å². The lowest BCUT2D eigenvalue weighted by molar-refractivity contribution is -0.155. The number of hydrogen-bond acceptors (Lipinski definition) is 6. The highest BCUT2D eigenvalue weighted by Crippen LogP contribution is 2.23. The van der Waals surface area contributed by atoms with Crippen molar-refractivity contribution in [3.05, 3.63) is 34.3 Å². The Morgan fingerprint density at radius 2 is 2.18 bits per heavy atom. The molecule has 2 aromatic rings. The average molecular weight is 368 g/mol. The summed E-state index contributed by atoms with van der Waals surface area (Å²) in [5, 5.41) is 14.0. The maximum Gasteiger partial charge on any atom is 0.307 e. The standard InChI is InChI=1S/C14H18BrN5O2/c1-14(2,3)22-12(21)7-10(13-17-19-20-18-13)6-9-4-5-11(15)16-8-9/h4-5,8,10H,6-7H2,1-3H3,(H,17,18,19,20). The molecule has 0 aromatic carbocycles. The van der Waals surface area contributed by atoms with Gasteiger partial charge >= 0.3 is 5.97 Å². The Labute approximate surface area is 137 Å². The van der Waals surface area contributed by atoms with Gasteiger partial charge in [-0.2, -0.15) is 5.21 Å². The number of hydrogen-bond donors (Lipinski definition) is 1. The number of H-pyrrole nitrogens is 1. The molecule has 0 fully saturated rings. The Morgan fingerprint density at radius 1 is 1.41 bits per heavy atom. The van der Waals surface area contributed by atoms with Crippen LogP contribution in [0.15, 0.2) is 22.9 Å². The fourth-order valence-corrected chi connectivity index (χ4v) is 2.23. The molecule has 1 unspecified atom stereocenters. The highest BCUT2D eigenvalue weighted by Gasteiger charge is 2.24. The Bertz CT molecular complexity index is 607. The summed E-state index contributed by atoms with van der Waals surface area (Å²) in [7, 11) is 0. The molecule has 2 rings (SSSR count). The molecule has 1 atom stereocenters. The van der Waals surface area contributed by atoms with Crippen LogP contribution in [-0.2, 0) is 16.0 Å². The molecule has 0 radical (unpaired) electrons. The first-order chi connectivity index (χ1) is 10.3. The highest BCUT2D eigenvalue weighted by atomic mass is 79.9. The number of aromatic nitrogens is 5. The lowest BCUT2D eigenvalue weighted by Crippen LogP contribution is -2.25. The normalized spacial score (nSPS) is 12.9. The van der Waals surface area contributed by atoms with Crippen LogP contribution in [0.2, 0.25) is 0 Å². The molecule has 0 saturated heterocycles. The molecular formula is C14H18BrN5O2. The lowest BCUT2D eigenvalue weighted by atomic mass is 9.96. The van der Waals surface area contributed by atoms with E-state index in [0.29, 0.717) is 12.2 Å². The first kappa shape index (κ1) is 16.5. The fraction of sp³-hybridized carbons (Fsp3) is 0.500. The zero-order valence-electron chi connectivity index (χ0n) is 12.7. The van der Waals surface area contributed by atoms with E-state index in [2.05, 4.69) is 41.5 Å². The van der Waals surface area contributed by atoms with Crippen molar-refractivity contribution in [2.45, 2.75) is 45.1 Å². The maximum atomic E-state index is 12.1. The molecule has 2 heterocycles. The number of tetrazole rings is 1. The van der Waals surface area contributed by atoms with E-state index in [9.17, 15) is 4.79 Å². The van der Waals surface area contributed by atoms with Crippen LogP contribution < -0.4 is 0 Å². The minimum Gasteiger partial charge on any atom is -0.460 e. The molecule has 0 amide bonds. The third kappa shape index (κ3) is 5.18. The van der Waals surface area contributed by atoms with Crippen molar-refractivity contribution in [3.8, 4) is 0 Å². The van der Waals surface area contributed by atoms with Crippen molar-refractivity contribution in [1.29, 1.82) is 0 Å². The van der Waals surface area contributed by atoms with Gasteiger partial charge in [-0.25, -0.2) is 4.98 Å². The summed E-state index contributed by atoms with van der Waals surface area (Å²) in [5.41, 5.74) is 0.472. The van der Waals surface area contributed by atoms with Crippen LogP contribution in [0.3, 0.4) is 0 Å². The zero-order valence-corrected chi connectivity index (χ0v) is 14.3. The Balaban J connectivity index is 2.10. The van der Waals surface area contributed by atoms with Crippen molar-refractivity contribution in [2.24, 2.45) is 0 Å². The van der Waals surface area contributed by atoms with Gasteiger partial charge in [0.15, 0.2) is 5.82 Å². The number of nitrogens with one attached hydrogen (secondary N) is 1. The predicted molar refractivity (Wildman–Crippen MR) is 83.0 cm³/mol. The maximum absolute atomic E-state index is 12.1. The van der Waals surface area contributed by atoms with Crippen molar-refractivity contribution in [2.75, 3.05) is 0 Å². The van der Waals surface area contributed by atoms with E-state index in [1.807, 2.05) is 32.9 Å². The predicted octanol–water partition coefficient (Wildman–Crippen LogP) is 2.42. The summed E-state index contributed by atoms with van der Waals surface area (Å²) in [4.78, 5) is 16.3. The van der Waals surface area contributed by atoms with E-state index < -0.39 is 5.60 Å². The molecule has 7 nitrogen and oxygen atoms in total. The van der Waals surface area contributed by atoms with Gasteiger partial charge in [-0.3, -0.25) is 4.79 Å². The topological polar surface area (TPSA) is 93.6 Å². The Morgan fingerprint density at radius 3 is 2.73 bits per heavy atom. The lowest BCUT2D eigenvalue weighted by Gasteiger charge is -2.21. The van der Waals surface area contributed by atoms with Crippen LogP contribution in [0.1, 0.15) is 44.5 Å². The van der Waals surface area contributed by atoms with Gasteiger partial charge in [0.05, 0.1) is 6.42 Å². The zero-order chi connectivity index (χ0) is 16.2. The van der Waals surface area contributed by atoms with Crippen molar-refractivity contribution < 1.29 is 9.53 Å². The van der Waals surface area contributed by atoms with Gasteiger partial charge in [-0.05, 0) is 54.8 Å². The fourth-order valence-electron chi connectivity index (χ4n) is 1.99. The van der Waals surface area contributed by atoms with Crippen LogP contribution in [0.25, 0.3) is 0 Å². The van der Waals surface area contributed by atoms with E-state index in [1.54, 1.807) is 6.20 Å². The van der Waals surface area contributed by atoms with Gasteiger partial charge in [0.2, 0.25) is 0 Å². The monoisotopic (exact) mass is 367 g/mol. The number of esters is 1. The molecule has 0 aliphatic carbocycles. The van der Waals surface area contributed by atoms with Crippen molar-refractivity contribution in [3.63, 3.8) is 0 Å². The SMILES string of the molecule is CC(C)(C)OC(=O)CC(Cc1ccc(Br)nc1)c1nn[nH]n1. The van der Waals surface area contributed by atoms with E-state index >= 15 is 0 Å². The van der Waals surface area contributed by atoms with Crippen LogP contribution in [-0.4, -0.2) is 37.2 Å². The van der Waals surface area contributed by atoms with Gasteiger partial charge in [-0.15, -0.1) is 10.2 Å². The minimum absolute atomic E-state index is 0.187. The van der Waals surface area contributed by atoms with E-state index in [-0.39, 0.29) is 18.3 Å². The molecule has 0 bridgehead atoms. The number of halogens is 1. The first-order valence-electron chi connectivity index (χ1n) is 6.89. The molecule has 0 spiro atoms. The second-order valence-electron chi connectivity index (χ2n) is 5.95. The minimum atomic E-state index is -0.516. The summed E-state index contributed by atoms with van der Waals surface area (Å²) in [5.74, 6) is -0.00211. The summed E-state index contributed by atoms with van der Waals surface area (Å²) in [6.45, 7) is 5.52. The van der Waals surface area contributed by atoms with Crippen LogP contribution in [0.4, 0.5) is 0 Å². The van der Waals surface area contributed by atoms with Gasteiger partial charge in [-0.1, -0.05) is 11.3 Å². The molecule has 0 aliphatic rings. The molecule has 0 saturated carbocycles. The molecule has 0 aliphatic heterocycles. The number of aromatic amines is 1. The third-order valence-corrected chi connectivity index (χ3v) is 3.30. The molecule has 8 heteroatoms. The molecule has 1 N–H and O–H groups in total. The number of rotatable bonds is 5. The summed E-state index contributed by atoms with van der Waals surface area (Å²) >= 11 is 3.30. The summed E-state index contributed by atoms with van der Waals surface area (Å²) in [6, 6.07) is 3.80. The van der Waals surface area contributed by atoms with E-state index in [0.717, 1.165) is 10.2 Å². The molecule has 2 aromatic heterocycles. The smallest absolute Gasteiger partial charge is 0.307 e. The third-order valence-electron chi connectivity index (χ3n) is 2.83. The van der Waals surface area contributed by atoms with Crippen LogP contribution >= 0.6 is 15.9 Å². The van der Waals surface area contributed by atoms with Gasteiger partial charge in [0, 0.05) is 12.1 Å². The van der Waals surface area contributed by atoms with Crippen LogP contribution in [0.5, 0.6) is 0 Å². The Hall–Kier alpha value is -1.83. The van der Waals surface area contributed by atoms with Crippen molar-refractivity contribution in [1.82, 2.24) is 25.6 Å². The number of carbonyl (C=O) groups excluding carboxylic acids is 1. The van der Waals surface area contributed by atoms with Gasteiger partial charge < -0.3 is 4.74 Å². The van der Waals surface area contributed by atoms with Crippen molar-refractivity contribution >= 4 is 21.9 Å². The van der Waals surface area contributed by atoms with E-state index in [4.69, 9.17) is 4.74 Å². The second kappa shape index (κ2) is 6.95. The van der Waals surface area contributed by atoms with Gasteiger partial charge in [0.25, 0.3) is 0 Å². The Kier molecular flexibility index (Phi) is 5.23. The number of ether oxygens (including phenoxy) is 1. The average Bonchev–Trinajstić information content (AvgIpc) is 2.92. The number of carbonyl (C=O) groups is 1.